The van der Waals surface area contributed by atoms with Crippen LogP contribution in [0.5, 0.6) is 0 Å². The van der Waals surface area contributed by atoms with Gasteiger partial charge in [-0.05, 0) is 24.4 Å². The maximum atomic E-state index is 12.6. The first-order valence-electron chi connectivity index (χ1n) is 10.3. The number of anilines is 2. The molecule has 1 atom stereocenters. The highest BCUT2D eigenvalue weighted by Crippen LogP contribution is 2.32. The van der Waals surface area contributed by atoms with Crippen LogP contribution in [-0.4, -0.2) is 35.9 Å². The van der Waals surface area contributed by atoms with E-state index in [1.807, 2.05) is 42.5 Å². The molecule has 0 aromatic heterocycles. The molecule has 1 N–H and O–H groups in total. The topological polar surface area (TPSA) is 119 Å². The zero-order valence-corrected chi connectivity index (χ0v) is 17.8. The van der Waals surface area contributed by atoms with E-state index in [1.54, 1.807) is 11.8 Å². The van der Waals surface area contributed by atoms with Gasteiger partial charge in [-0.2, -0.15) is 0 Å². The van der Waals surface area contributed by atoms with Crippen LogP contribution in [0.25, 0.3) is 10.8 Å². The molecule has 9 nitrogen and oxygen atoms in total. The number of carbonyl (C=O) groups excluding carboxylic acids is 3. The predicted molar refractivity (Wildman–Crippen MR) is 122 cm³/mol. The number of rotatable bonds is 6. The first-order chi connectivity index (χ1) is 15.8. The molecule has 1 saturated heterocycles. The lowest BCUT2D eigenvalue weighted by Gasteiger charge is -2.18. The van der Waals surface area contributed by atoms with Gasteiger partial charge in [-0.1, -0.05) is 42.5 Å². The van der Waals surface area contributed by atoms with Crippen molar-refractivity contribution in [2.24, 2.45) is 5.92 Å². The number of nitrogens with zero attached hydrogens (tertiary/aromatic N) is 2. The molecule has 3 aromatic rings. The van der Waals surface area contributed by atoms with Gasteiger partial charge < -0.3 is 15.0 Å². The Morgan fingerprint density at radius 2 is 1.91 bits per heavy atom. The van der Waals surface area contributed by atoms with Gasteiger partial charge in [0, 0.05) is 35.7 Å². The Bertz CT molecular complexity index is 1270. The van der Waals surface area contributed by atoms with Crippen molar-refractivity contribution >= 4 is 45.6 Å². The summed E-state index contributed by atoms with van der Waals surface area (Å²) >= 11 is 0. The maximum Gasteiger partial charge on any atom is 0.311 e. The fraction of sp³-hybridized carbons (Fsp3) is 0.208. The lowest BCUT2D eigenvalue weighted by atomic mass is 10.1. The third kappa shape index (κ3) is 4.67. The van der Waals surface area contributed by atoms with Gasteiger partial charge >= 0.3 is 5.97 Å². The molecule has 9 heteroatoms. The van der Waals surface area contributed by atoms with Gasteiger partial charge in [0.1, 0.15) is 0 Å². The monoisotopic (exact) mass is 447 g/mol. The summed E-state index contributed by atoms with van der Waals surface area (Å²) in [5, 5.41) is 15.4. The van der Waals surface area contributed by atoms with Crippen LogP contribution in [0.15, 0.2) is 60.7 Å². The van der Waals surface area contributed by atoms with E-state index in [9.17, 15) is 24.5 Å². The molecule has 1 aliphatic rings. The number of carbonyl (C=O) groups is 3. The van der Waals surface area contributed by atoms with Gasteiger partial charge in [0.15, 0.2) is 6.61 Å². The smallest absolute Gasteiger partial charge is 0.311 e. The van der Waals surface area contributed by atoms with Gasteiger partial charge in [-0.15, -0.1) is 0 Å². The number of benzene rings is 3. The van der Waals surface area contributed by atoms with Crippen molar-refractivity contribution in [3.63, 3.8) is 0 Å². The van der Waals surface area contributed by atoms with E-state index in [0.717, 1.165) is 16.5 Å². The van der Waals surface area contributed by atoms with Crippen molar-refractivity contribution in [3.05, 3.63) is 76.3 Å². The highest BCUT2D eigenvalue weighted by Gasteiger charge is 2.37. The fourth-order valence-corrected chi connectivity index (χ4v) is 3.88. The highest BCUT2D eigenvalue weighted by atomic mass is 16.6. The number of esters is 1. The minimum absolute atomic E-state index is 0.00612. The van der Waals surface area contributed by atoms with E-state index < -0.39 is 29.3 Å². The molecule has 1 aliphatic heterocycles. The molecule has 0 saturated carbocycles. The van der Waals surface area contributed by atoms with Gasteiger partial charge in [0.05, 0.1) is 16.5 Å². The number of nitro groups is 1. The first kappa shape index (κ1) is 21.9. The van der Waals surface area contributed by atoms with Gasteiger partial charge in [0.2, 0.25) is 5.91 Å². The molecule has 3 aromatic carbocycles. The second kappa shape index (κ2) is 9.07. The van der Waals surface area contributed by atoms with Gasteiger partial charge in [-0.3, -0.25) is 24.5 Å². The van der Waals surface area contributed by atoms with Crippen molar-refractivity contribution < 1.29 is 24.0 Å². The predicted octanol–water partition coefficient (Wildman–Crippen LogP) is 3.59. The number of hydrogen-bond acceptors (Lipinski definition) is 6. The molecule has 168 valence electrons. The number of amides is 2. The van der Waals surface area contributed by atoms with Crippen LogP contribution in [0.3, 0.4) is 0 Å². The number of hydrogen-bond donors (Lipinski definition) is 1. The molecule has 0 aliphatic carbocycles. The normalized spacial score (nSPS) is 15.5. The highest BCUT2D eigenvalue weighted by molar-refractivity contribution is 6.06. The minimum atomic E-state index is -0.690. The average Bonchev–Trinajstić information content (AvgIpc) is 3.19. The Morgan fingerprint density at radius 1 is 1.15 bits per heavy atom. The molecule has 0 bridgehead atoms. The average molecular weight is 447 g/mol. The van der Waals surface area contributed by atoms with E-state index in [-0.39, 0.29) is 30.2 Å². The summed E-state index contributed by atoms with van der Waals surface area (Å²) in [6.45, 7) is 1.20. The summed E-state index contributed by atoms with van der Waals surface area (Å²) < 4.78 is 5.12. The van der Waals surface area contributed by atoms with Crippen LogP contribution in [0.1, 0.15) is 12.0 Å². The van der Waals surface area contributed by atoms with Crippen LogP contribution in [-0.2, 0) is 19.1 Å². The number of nitro benzene ring substituents is 1. The quantitative estimate of drug-likeness (QED) is 0.350. The van der Waals surface area contributed by atoms with Gasteiger partial charge in [-0.25, -0.2) is 0 Å². The van der Waals surface area contributed by atoms with Crippen molar-refractivity contribution in [3.8, 4) is 0 Å². The molecule has 0 spiro atoms. The Labute approximate surface area is 189 Å². The Hall–Kier alpha value is -4.27. The molecule has 4 rings (SSSR count). The number of fused-ring (bicyclic) bond motifs is 1. The summed E-state index contributed by atoms with van der Waals surface area (Å²) in [5.41, 5.74) is 1.30. The second-order valence-electron chi connectivity index (χ2n) is 7.82. The van der Waals surface area contributed by atoms with Crippen molar-refractivity contribution in [2.45, 2.75) is 13.3 Å². The lowest BCUT2D eigenvalue weighted by Crippen LogP contribution is -2.28. The molecular formula is C24H21N3O6. The fourth-order valence-electron chi connectivity index (χ4n) is 3.88. The summed E-state index contributed by atoms with van der Waals surface area (Å²) in [4.78, 5) is 49.3. The summed E-state index contributed by atoms with van der Waals surface area (Å²) in [5.74, 6) is -2.15. The summed E-state index contributed by atoms with van der Waals surface area (Å²) in [6, 6.07) is 17.6. The lowest BCUT2D eigenvalue weighted by molar-refractivity contribution is -0.385. The van der Waals surface area contributed by atoms with E-state index in [4.69, 9.17) is 4.74 Å². The zero-order chi connectivity index (χ0) is 23.5. The molecule has 0 radical (unpaired) electrons. The largest absolute Gasteiger partial charge is 0.455 e. The number of nitrogens with one attached hydrogen (secondary N) is 1. The van der Waals surface area contributed by atoms with Crippen LogP contribution in [0, 0.1) is 23.0 Å². The molecule has 0 unspecified atom stereocenters. The third-order valence-corrected chi connectivity index (χ3v) is 5.55. The van der Waals surface area contributed by atoms with Crippen LogP contribution in [0.2, 0.25) is 0 Å². The Balaban J connectivity index is 1.37. The molecular weight excluding hydrogens is 426 g/mol. The molecule has 1 fully saturated rings. The van der Waals surface area contributed by atoms with E-state index >= 15 is 0 Å². The van der Waals surface area contributed by atoms with Crippen molar-refractivity contribution in [2.75, 3.05) is 23.4 Å². The Morgan fingerprint density at radius 3 is 2.70 bits per heavy atom. The van der Waals surface area contributed by atoms with E-state index in [0.29, 0.717) is 5.56 Å². The molecule has 33 heavy (non-hydrogen) atoms. The van der Waals surface area contributed by atoms with Gasteiger partial charge in [0.25, 0.3) is 11.6 Å². The number of ether oxygens (including phenoxy) is 1. The first-order valence-corrected chi connectivity index (χ1v) is 10.3. The molecule has 1 heterocycles. The minimum Gasteiger partial charge on any atom is -0.455 e. The summed E-state index contributed by atoms with van der Waals surface area (Å²) in [7, 11) is 0. The maximum absolute atomic E-state index is 12.6. The van der Waals surface area contributed by atoms with E-state index in [2.05, 4.69) is 5.32 Å². The second-order valence-corrected chi connectivity index (χ2v) is 7.82. The Kier molecular flexibility index (Phi) is 6.03. The SMILES string of the molecule is Cc1ccc(NC(=O)COC(=O)[C@@H]2CC(=O)N(c3cccc4ccccc34)C2)cc1[N+](=O)[O-]. The van der Waals surface area contributed by atoms with Crippen LogP contribution >= 0.6 is 0 Å². The van der Waals surface area contributed by atoms with Crippen molar-refractivity contribution in [1.29, 1.82) is 0 Å². The van der Waals surface area contributed by atoms with Crippen LogP contribution < -0.4 is 10.2 Å². The van der Waals surface area contributed by atoms with Crippen LogP contribution in [0.4, 0.5) is 17.1 Å². The standard InChI is InChI=1S/C24H21N3O6/c1-15-9-10-18(12-21(15)27(31)32)25-22(28)14-33-24(30)17-11-23(29)26(13-17)20-8-4-6-16-5-2-3-7-19(16)20/h2-10,12,17H,11,13-14H2,1H3,(H,25,28)/t17-/m1/s1. The zero-order valence-electron chi connectivity index (χ0n) is 17.8. The van der Waals surface area contributed by atoms with E-state index in [1.165, 1.54) is 18.2 Å². The third-order valence-electron chi connectivity index (χ3n) is 5.55. The number of aryl methyl sites for hydroxylation is 1. The van der Waals surface area contributed by atoms with Crippen molar-refractivity contribution in [1.82, 2.24) is 0 Å². The molecule has 2 amide bonds. The summed E-state index contributed by atoms with van der Waals surface area (Å²) in [6.07, 6.45) is -0.00612.